The van der Waals surface area contributed by atoms with E-state index in [4.69, 9.17) is 14.6 Å². The highest BCUT2D eigenvalue weighted by Gasteiger charge is 2.37. The smallest absolute Gasteiger partial charge is 0.220 e. The number of aliphatic hydroxyl groups excluding tert-OH is 4. The molecule has 1 heterocycles. The largest absolute Gasteiger partial charge is 0.506 e. The standard InChI is InChI=1S/C13H16O6/c14-6-9-10(15)11(16)12(17)13(19-9)18-7-8-4-2-1-3-5-8/h1-5,9-10,13-17H,6-7H2/t9?,10-,13-/m1/s1. The van der Waals surface area contributed by atoms with Crippen molar-refractivity contribution in [2.24, 2.45) is 0 Å². The fourth-order valence-corrected chi connectivity index (χ4v) is 1.75. The van der Waals surface area contributed by atoms with Crippen molar-refractivity contribution in [2.75, 3.05) is 6.61 Å². The summed E-state index contributed by atoms with van der Waals surface area (Å²) in [6.07, 6.45) is -3.70. The first-order chi connectivity index (χ1) is 9.13. The molecule has 0 aliphatic carbocycles. The highest BCUT2D eigenvalue weighted by atomic mass is 16.7. The van der Waals surface area contributed by atoms with E-state index in [1.807, 2.05) is 30.3 Å². The van der Waals surface area contributed by atoms with Crippen LogP contribution in [0.2, 0.25) is 0 Å². The van der Waals surface area contributed by atoms with Gasteiger partial charge in [-0.1, -0.05) is 30.3 Å². The Kier molecular flexibility index (Phi) is 4.39. The minimum absolute atomic E-state index is 0.164. The lowest BCUT2D eigenvalue weighted by Gasteiger charge is -2.31. The summed E-state index contributed by atoms with van der Waals surface area (Å²) in [5, 5.41) is 37.7. The van der Waals surface area contributed by atoms with E-state index in [9.17, 15) is 15.3 Å². The van der Waals surface area contributed by atoms with Crippen molar-refractivity contribution in [1.82, 2.24) is 0 Å². The predicted molar refractivity (Wildman–Crippen MR) is 65.3 cm³/mol. The molecule has 0 saturated heterocycles. The second-order valence-electron chi connectivity index (χ2n) is 4.20. The van der Waals surface area contributed by atoms with Gasteiger partial charge in [0.25, 0.3) is 0 Å². The third kappa shape index (κ3) is 3.05. The van der Waals surface area contributed by atoms with Crippen molar-refractivity contribution in [2.45, 2.75) is 25.1 Å². The Morgan fingerprint density at radius 1 is 1.11 bits per heavy atom. The molecule has 0 bridgehead atoms. The van der Waals surface area contributed by atoms with Crippen molar-refractivity contribution in [3.8, 4) is 0 Å². The zero-order chi connectivity index (χ0) is 13.8. The Hall–Kier alpha value is -1.60. The van der Waals surface area contributed by atoms with Gasteiger partial charge in [0.2, 0.25) is 6.29 Å². The summed E-state index contributed by atoms with van der Waals surface area (Å²) in [4.78, 5) is 0. The lowest BCUT2D eigenvalue weighted by atomic mass is 10.1. The first kappa shape index (κ1) is 13.8. The summed E-state index contributed by atoms with van der Waals surface area (Å²) < 4.78 is 10.5. The number of hydrogen-bond acceptors (Lipinski definition) is 6. The van der Waals surface area contributed by atoms with Crippen LogP contribution >= 0.6 is 0 Å². The lowest BCUT2D eigenvalue weighted by Crippen LogP contribution is -2.44. The van der Waals surface area contributed by atoms with E-state index >= 15 is 0 Å². The molecular formula is C13H16O6. The van der Waals surface area contributed by atoms with Crippen LogP contribution in [0.3, 0.4) is 0 Å². The molecule has 104 valence electrons. The molecule has 1 aliphatic heterocycles. The normalized spacial score (nSPS) is 27.6. The van der Waals surface area contributed by atoms with Gasteiger partial charge in [0.15, 0.2) is 11.5 Å². The fraction of sp³-hybridized carbons (Fsp3) is 0.385. The molecule has 0 spiro atoms. The van der Waals surface area contributed by atoms with Crippen LogP contribution in [0, 0.1) is 0 Å². The summed E-state index contributed by atoms with van der Waals surface area (Å²) in [6, 6.07) is 9.22. The molecular weight excluding hydrogens is 252 g/mol. The zero-order valence-corrected chi connectivity index (χ0v) is 10.1. The Labute approximate surface area is 110 Å². The van der Waals surface area contributed by atoms with Crippen LogP contribution in [-0.4, -0.2) is 45.5 Å². The highest BCUT2D eigenvalue weighted by Crippen LogP contribution is 2.24. The molecule has 6 heteroatoms. The molecule has 0 amide bonds. The zero-order valence-electron chi connectivity index (χ0n) is 10.1. The summed E-state index contributed by atoms with van der Waals surface area (Å²) in [7, 11) is 0. The lowest BCUT2D eigenvalue weighted by molar-refractivity contribution is -0.215. The second kappa shape index (κ2) is 6.03. The molecule has 2 rings (SSSR count). The van der Waals surface area contributed by atoms with Crippen LogP contribution in [0.25, 0.3) is 0 Å². The van der Waals surface area contributed by atoms with Crippen LogP contribution in [-0.2, 0) is 16.1 Å². The van der Waals surface area contributed by atoms with Crippen molar-refractivity contribution >= 4 is 0 Å². The topological polar surface area (TPSA) is 99.4 Å². The van der Waals surface area contributed by atoms with Gasteiger partial charge in [0.1, 0.15) is 12.2 Å². The Balaban J connectivity index is 2.04. The van der Waals surface area contributed by atoms with Crippen LogP contribution in [0.5, 0.6) is 0 Å². The van der Waals surface area contributed by atoms with Gasteiger partial charge in [-0.15, -0.1) is 0 Å². The van der Waals surface area contributed by atoms with E-state index in [2.05, 4.69) is 0 Å². The Bertz CT molecular complexity index is 444. The average molecular weight is 268 g/mol. The molecule has 0 aromatic heterocycles. The molecule has 19 heavy (non-hydrogen) atoms. The van der Waals surface area contributed by atoms with Gasteiger partial charge in [0, 0.05) is 0 Å². The Morgan fingerprint density at radius 2 is 1.79 bits per heavy atom. The molecule has 6 nitrogen and oxygen atoms in total. The first-order valence-electron chi connectivity index (χ1n) is 5.85. The molecule has 3 atom stereocenters. The highest BCUT2D eigenvalue weighted by molar-refractivity contribution is 5.15. The van der Waals surface area contributed by atoms with E-state index in [1.54, 1.807) is 0 Å². The maximum atomic E-state index is 9.64. The third-order valence-electron chi connectivity index (χ3n) is 2.84. The van der Waals surface area contributed by atoms with Crippen molar-refractivity contribution in [3.05, 3.63) is 47.4 Å². The summed E-state index contributed by atoms with van der Waals surface area (Å²) in [5.74, 6) is -1.21. The molecule has 1 aliphatic rings. The average Bonchev–Trinajstić information content (AvgIpc) is 2.45. The van der Waals surface area contributed by atoms with E-state index in [-0.39, 0.29) is 6.61 Å². The molecule has 4 N–H and O–H groups in total. The molecule has 0 saturated carbocycles. The summed E-state index contributed by atoms with van der Waals surface area (Å²) in [5.41, 5.74) is 0.866. The molecule has 1 aromatic rings. The number of aliphatic hydroxyl groups is 4. The van der Waals surface area contributed by atoms with Crippen LogP contribution in [0.1, 0.15) is 5.56 Å². The van der Waals surface area contributed by atoms with Crippen LogP contribution in [0.15, 0.2) is 41.9 Å². The van der Waals surface area contributed by atoms with Gasteiger partial charge < -0.3 is 29.9 Å². The second-order valence-corrected chi connectivity index (χ2v) is 4.20. The van der Waals surface area contributed by atoms with E-state index in [1.165, 1.54) is 0 Å². The number of benzene rings is 1. The number of rotatable bonds is 4. The number of hydrogen-bond donors (Lipinski definition) is 4. The van der Waals surface area contributed by atoms with Crippen molar-refractivity contribution in [3.63, 3.8) is 0 Å². The van der Waals surface area contributed by atoms with Crippen LogP contribution in [0.4, 0.5) is 0 Å². The molecule has 0 radical (unpaired) electrons. The fourth-order valence-electron chi connectivity index (χ4n) is 1.75. The van der Waals surface area contributed by atoms with E-state index in [0.717, 1.165) is 5.56 Å². The SMILES string of the molecule is OCC1O[C@@H](OCc2ccccc2)C(O)=C(O)[C@@H]1O. The van der Waals surface area contributed by atoms with Crippen molar-refractivity contribution in [1.29, 1.82) is 0 Å². The van der Waals surface area contributed by atoms with Gasteiger partial charge in [-0.2, -0.15) is 0 Å². The monoisotopic (exact) mass is 268 g/mol. The van der Waals surface area contributed by atoms with Crippen LogP contribution < -0.4 is 0 Å². The van der Waals surface area contributed by atoms with E-state index < -0.39 is 36.6 Å². The van der Waals surface area contributed by atoms with E-state index in [0.29, 0.717) is 0 Å². The minimum Gasteiger partial charge on any atom is -0.506 e. The first-order valence-corrected chi connectivity index (χ1v) is 5.85. The predicted octanol–water partition coefficient (Wildman–Crippen LogP) is 0.609. The summed E-state index contributed by atoms with van der Waals surface area (Å²) >= 11 is 0. The molecule has 1 unspecified atom stereocenters. The third-order valence-corrected chi connectivity index (χ3v) is 2.84. The molecule has 0 fully saturated rings. The van der Waals surface area contributed by atoms with Gasteiger partial charge >= 0.3 is 0 Å². The van der Waals surface area contributed by atoms with Gasteiger partial charge in [-0.05, 0) is 5.56 Å². The maximum absolute atomic E-state index is 9.64. The van der Waals surface area contributed by atoms with Crippen molar-refractivity contribution < 1.29 is 29.9 Å². The minimum atomic E-state index is -1.46. The molecule has 1 aromatic carbocycles. The van der Waals surface area contributed by atoms with Gasteiger partial charge in [-0.3, -0.25) is 0 Å². The van der Waals surface area contributed by atoms with Gasteiger partial charge in [0.05, 0.1) is 13.2 Å². The quantitative estimate of drug-likeness (QED) is 0.638. The Morgan fingerprint density at radius 3 is 2.42 bits per heavy atom. The summed E-state index contributed by atoms with van der Waals surface area (Å²) in [6.45, 7) is -0.333. The maximum Gasteiger partial charge on any atom is 0.220 e. The number of ether oxygens (including phenoxy) is 2. The van der Waals surface area contributed by atoms with Gasteiger partial charge in [-0.25, -0.2) is 0 Å².